The van der Waals surface area contributed by atoms with Crippen LogP contribution in [0, 0.1) is 0 Å². The van der Waals surface area contributed by atoms with Crippen LogP contribution in [0.1, 0.15) is 34.1 Å². The summed E-state index contributed by atoms with van der Waals surface area (Å²) in [6.45, 7) is 0. The van der Waals surface area contributed by atoms with Crippen LogP contribution in [-0.4, -0.2) is 12.1 Å². The first-order valence-electron chi connectivity index (χ1n) is 6.53. The van der Waals surface area contributed by atoms with E-state index in [0.717, 1.165) is 0 Å². The first kappa shape index (κ1) is 9.03. The predicted molar refractivity (Wildman–Crippen MR) is 69.0 cm³/mol. The maximum atomic E-state index is 4.40. The first-order valence-corrected chi connectivity index (χ1v) is 6.53. The summed E-state index contributed by atoms with van der Waals surface area (Å²) >= 11 is 0. The molecule has 2 bridgehead atoms. The molecule has 0 saturated heterocycles. The summed E-state index contributed by atoms with van der Waals surface area (Å²) in [5, 5.41) is 8.79. The summed E-state index contributed by atoms with van der Waals surface area (Å²) in [5.41, 5.74) is 5.89. The lowest BCUT2D eigenvalue weighted by molar-refractivity contribution is 0.296. The molecule has 2 aromatic carbocycles. The quantitative estimate of drug-likeness (QED) is 0.664. The summed E-state index contributed by atoms with van der Waals surface area (Å²) in [4.78, 5) is 0. The van der Waals surface area contributed by atoms with Gasteiger partial charge in [-0.3, -0.25) is 0 Å². The van der Waals surface area contributed by atoms with Crippen molar-refractivity contribution in [3.05, 3.63) is 70.8 Å². The molecule has 2 heteroatoms. The van der Waals surface area contributed by atoms with Crippen molar-refractivity contribution in [3.63, 3.8) is 0 Å². The van der Waals surface area contributed by atoms with Gasteiger partial charge < -0.3 is 0 Å². The average Bonchev–Trinajstić information content (AvgIpc) is 2.40. The molecule has 2 nitrogen and oxygen atoms in total. The molecule has 0 saturated carbocycles. The molecule has 18 heavy (non-hydrogen) atoms. The van der Waals surface area contributed by atoms with E-state index in [-0.39, 0.29) is 0 Å². The second-order valence-electron chi connectivity index (χ2n) is 5.43. The highest BCUT2D eigenvalue weighted by Gasteiger charge is 2.53. The van der Waals surface area contributed by atoms with Crippen molar-refractivity contribution in [3.8, 4) is 0 Å². The predicted octanol–water partition coefficient (Wildman–Crippen LogP) is 3.48. The third kappa shape index (κ3) is 0.849. The molecular formula is C16H12N2. The lowest BCUT2D eigenvalue weighted by atomic mass is 9.59. The van der Waals surface area contributed by atoms with Crippen LogP contribution >= 0.6 is 0 Å². The van der Waals surface area contributed by atoms with Crippen molar-refractivity contribution in [2.24, 2.45) is 10.2 Å². The minimum absolute atomic E-state index is 0.389. The van der Waals surface area contributed by atoms with Crippen molar-refractivity contribution >= 4 is 0 Å². The fourth-order valence-corrected chi connectivity index (χ4v) is 3.97. The second kappa shape index (κ2) is 2.89. The summed E-state index contributed by atoms with van der Waals surface area (Å²) in [5.74, 6) is 0.870. The Hall–Kier alpha value is -1.96. The number of nitrogens with zero attached hydrogens (tertiary/aromatic N) is 2. The van der Waals surface area contributed by atoms with E-state index >= 15 is 0 Å². The van der Waals surface area contributed by atoms with Crippen LogP contribution in [0.25, 0.3) is 0 Å². The van der Waals surface area contributed by atoms with Crippen LogP contribution in [0.15, 0.2) is 58.8 Å². The van der Waals surface area contributed by atoms with E-state index in [2.05, 4.69) is 58.8 Å². The molecule has 6 rings (SSSR count). The number of hydrogen-bond donors (Lipinski definition) is 0. The van der Waals surface area contributed by atoms with Gasteiger partial charge in [0.1, 0.15) is 12.1 Å². The normalized spacial score (nSPS) is 33.3. The second-order valence-corrected chi connectivity index (χ2v) is 5.43. The van der Waals surface area contributed by atoms with Gasteiger partial charge in [-0.05, 0) is 22.3 Å². The fraction of sp³-hybridized carbons (Fsp3) is 0.250. The highest BCUT2D eigenvalue weighted by Crippen LogP contribution is 2.57. The topological polar surface area (TPSA) is 24.7 Å². The Kier molecular flexibility index (Phi) is 1.45. The smallest absolute Gasteiger partial charge is 0.107 e. The Morgan fingerprint density at radius 2 is 0.889 bits per heavy atom. The van der Waals surface area contributed by atoms with Crippen LogP contribution in [0.3, 0.4) is 0 Å². The molecule has 4 aliphatic rings. The zero-order valence-electron chi connectivity index (χ0n) is 9.82. The lowest BCUT2D eigenvalue weighted by Crippen LogP contribution is -2.49. The van der Waals surface area contributed by atoms with E-state index in [1.54, 1.807) is 0 Å². The third-order valence-corrected chi connectivity index (χ3v) is 4.70. The van der Waals surface area contributed by atoms with Gasteiger partial charge in [-0.1, -0.05) is 48.5 Å². The van der Waals surface area contributed by atoms with Crippen molar-refractivity contribution < 1.29 is 0 Å². The molecule has 2 atom stereocenters. The van der Waals surface area contributed by atoms with E-state index < -0.39 is 0 Å². The lowest BCUT2D eigenvalue weighted by Gasteiger charge is -2.50. The monoisotopic (exact) mass is 232 g/mol. The SMILES string of the molecule is c1ccc2c(c1)C1c3ccccc3C2[C@@H]2N=N[C@@H]12. The fourth-order valence-electron chi connectivity index (χ4n) is 3.97. The summed E-state index contributed by atoms with van der Waals surface area (Å²) in [6, 6.07) is 18.4. The Morgan fingerprint density at radius 3 is 1.17 bits per heavy atom. The van der Waals surface area contributed by atoms with Crippen LogP contribution < -0.4 is 0 Å². The van der Waals surface area contributed by atoms with Crippen LogP contribution in [-0.2, 0) is 0 Å². The van der Waals surface area contributed by atoms with E-state index in [0.29, 0.717) is 23.9 Å². The number of azo groups is 1. The first-order chi connectivity index (χ1) is 8.95. The van der Waals surface area contributed by atoms with Crippen LogP contribution in [0.5, 0.6) is 0 Å². The summed E-state index contributed by atoms with van der Waals surface area (Å²) in [6.07, 6.45) is 0. The van der Waals surface area contributed by atoms with Gasteiger partial charge in [0.15, 0.2) is 0 Å². The molecule has 1 heterocycles. The zero-order chi connectivity index (χ0) is 11.7. The number of rotatable bonds is 0. The number of hydrogen-bond acceptors (Lipinski definition) is 2. The molecule has 0 fully saturated rings. The minimum Gasteiger partial charge on any atom is -0.187 e. The van der Waals surface area contributed by atoms with Gasteiger partial charge >= 0.3 is 0 Å². The van der Waals surface area contributed by atoms with Gasteiger partial charge in [-0.25, -0.2) is 0 Å². The van der Waals surface area contributed by atoms with Gasteiger partial charge in [-0.15, -0.1) is 0 Å². The van der Waals surface area contributed by atoms with Crippen molar-refractivity contribution in [2.75, 3.05) is 0 Å². The van der Waals surface area contributed by atoms with E-state index in [9.17, 15) is 0 Å². The third-order valence-electron chi connectivity index (χ3n) is 4.70. The van der Waals surface area contributed by atoms with Crippen LogP contribution in [0.4, 0.5) is 0 Å². The molecule has 3 aliphatic carbocycles. The number of benzene rings is 2. The van der Waals surface area contributed by atoms with Crippen LogP contribution in [0.2, 0.25) is 0 Å². The van der Waals surface area contributed by atoms with E-state index in [4.69, 9.17) is 0 Å². The zero-order valence-corrected chi connectivity index (χ0v) is 9.82. The standard InChI is InChI=1S/C16H12N2/c1-2-6-10-9(5-1)13-11-7-3-4-8-12(11)14(10)16-15(13)17-18-16/h1-8,13-16H/t13?,14?,15-,16-/m0/s1. The van der Waals surface area contributed by atoms with Gasteiger partial charge in [0.05, 0.1) is 0 Å². The molecule has 86 valence electrons. The van der Waals surface area contributed by atoms with E-state index in [1.807, 2.05) is 0 Å². The maximum absolute atomic E-state index is 4.40. The van der Waals surface area contributed by atoms with Gasteiger partial charge in [0.2, 0.25) is 0 Å². The summed E-state index contributed by atoms with van der Waals surface area (Å²) in [7, 11) is 0. The molecule has 1 aliphatic heterocycles. The largest absolute Gasteiger partial charge is 0.187 e. The Balaban J connectivity index is 1.88. The van der Waals surface area contributed by atoms with Crippen molar-refractivity contribution in [2.45, 2.75) is 23.9 Å². The van der Waals surface area contributed by atoms with E-state index in [1.165, 1.54) is 22.3 Å². The minimum atomic E-state index is 0.389. The molecule has 2 aromatic rings. The molecule has 0 N–H and O–H groups in total. The van der Waals surface area contributed by atoms with Crippen molar-refractivity contribution in [1.82, 2.24) is 0 Å². The van der Waals surface area contributed by atoms with Gasteiger partial charge in [0.25, 0.3) is 0 Å². The highest BCUT2D eigenvalue weighted by atomic mass is 15.3. The molecule has 0 unspecified atom stereocenters. The Labute approximate surface area is 105 Å². The van der Waals surface area contributed by atoms with Gasteiger partial charge in [-0.2, -0.15) is 10.2 Å². The van der Waals surface area contributed by atoms with Crippen molar-refractivity contribution in [1.29, 1.82) is 0 Å². The molecular weight excluding hydrogens is 220 g/mol. The molecule has 0 radical (unpaired) electrons. The molecule has 0 amide bonds. The van der Waals surface area contributed by atoms with Gasteiger partial charge in [0, 0.05) is 11.8 Å². The summed E-state index contributed by atoms with van der Waals surface area (Å²) < 4.78 is 0. The Bertz CT molecular complexity index is 584. The average molecular weight is 232 g/mol. The molecule has 0 aromatic heterocycles. The Morgan fingerprint density at radius 1 is 0.556 bits per heavy atom. The molecule has 0 spiro atoms. The maximum Gasteiger partial charge on any atom is 0.107 e. The highest BCUT2D eigenvalue weighted by molar-refractivity contribution is 5.59.